The number of benzene rings is 1. The molecule has 0 radical (unpaired) electrons. The van der Waals surface area contributed by atoms with Crippen LogP contribution >= 0.6 is 0 Å². The van der Waals surface area contributed by atoms with Gasteiger partial charge in [-0.05, 0) is 18.4 Å². The largest absolute Gasteiger partial charge is 0.467 e. The van der Waals surface area contributed by atoms with Crippen molar-refractivity contribution in [1.29, 1.82) is 0 Å². The predicted octanol–water partition coefficient (Wildman–Crippen LogP) is 2.45. The third-order valence-corrected chi connectivity index (χ3v) is 3.21. The molecule has 1 N–H and O–H groups in total. The van der Waals surface area contributed by atoms with Crippen molar-refractivity contribution in [3.63, 3.8) is 0 Å². The quantitative estimate of drug-likeness (QED) is 0.802. The Hall–Kier alpha value is -1.84. The van der Waals surface area contributed by atoms with E-state index in [1.165, 1.54) is 7.11 Å². The van der Waals surface area contributed by atoms with Crippen molar-refractivity contribution in [3.05, 3.63) is 35.9 Å². The van der Waals surface area contributed by atoms with Crippen molar-refractivity contribution in [3.8, 4) is 0 Å². The van der Waals surface area contributed by atoms with Gasteiger partial charge in [0.05, 0.1) is 7.11 Å². The molecule has 0 heterocycles. The third-order valence-electron chi connectivity index (χ3n) is 3.21. The summed E-state index contributed by atoms with van der Waals surface area (Å²) in [5.41, 5.74) is 0.730. The first-order chi connectivity index (χ1) is 9.13. The lowest BCUT2D eigenvalue weighted by molar-refractivity contribution is -0.145. The first-order valence-corrected chi connectivity index (χ1v) is 6.57. The molecule has 0 bridgehead atoms. The maximum Gasteiger partial charge on any atom is 0.333 e. The first-order valence-electron chi connectivity index (χ1n) is 6.57. The fourth-order valence-electron chi connectivity index (χ4n) is 1.96. The number of rotatable bonds is 6. The van der Waals surface area contributed by atoms with Gasteiger partial charge in [0.2, 0.25) is 5.91 Å². The van der Waals surface area contributed by atoms with Gasteiger partial charge in [-0.25, -0.2) is 4.79 Å². The lowest BCUT2D eigenvalue weighted by atomic mass is 10.0. The summed E-state index contributed by atoms with van der Waals surface area (Å²) >= 11 is 0. The lowest BCUT2D eigenvalue weighted by Gasteiger charge is -2.20. The summed E-state index contributed by atoms with van der Waals surface area (Å²) in [6.07, 6.45) is 1.51. The van der Waals surface area contributed by atoms with Crippen LogP contribution < -0.4 is 5.32 Å². The Kier molecular flexibility index (Phi) is 6.06. The average molecular weight is 263 g/mol. The zero-order valence-corrected chi connectivity index (χ0v) is 11.7. The summed E-state index contributed by atoms with van der Waals surface area (Å²) in [4.78, 5) is 23.9. The van der Waals surface area contributed by atoms with E-state index < -0.39 is 12.0 Å². The molecule has 0 aliphatic heterocycles. The van der Waals surface area contributed by atoms with E-state index in [0.717, 1.165) is 18.4 Å². The molecular formula is C15H21NO3. The van der Waals surface area contributed by atoms with Crippen LogP contribution in [-0.4, -0.2) is 19.0 Å². The molecule has 1 rings (SSSR count). The fourth-order valence-corrected chi connectivity index (χ4v) is 1.96. The SMILES string of the molecule is CCC(CC)C(=O)NC(C(=O)OC)c1ccccc1. The molecule has 19 heavy (non-hydrogen) atoms. The standard InChI is InChI=1S/C15H21NO3/c1-4-11(5-2)14(17)16-13(15(18)19-3)12-9-7-6-8-10-12/h6-11,13H,4-5H2,1-3H3,(H,16,17). The Bertz CT molecular complexity index is 413. The summed E-state index contributed by atoms with van der Waals surface area (Å²) < 4.78 is 4.76. The van der Waals surface area contributed by atoms with Gasteiger partial charge in [-0.15, -0.1) is 0 Å². The molecule has 0 aliphatic rings. The number of carbonyl (C=O) groups is 2. The van der Waals surface area contributed by atoms with Gasteiger partial charge in [-0.1, -0.05) is 44.2 Å². The molecule has 1 aromatic rings. The van der Waals surface area contributed by atoms with E-state index in [4.69, 9.17) is 4.74 Å². The van der Waals surface area contributed by atoms with E-state index in [1.807, 2.05) is 32.0 Å². The van der Waals surface area contributed by atoms with Gasteiger partial charge >= 0.3 is 5.97 Å². The van der Waals surface area contributed by atoms with Gasteiger partial charge in [0, 0.05) is 5.92 Å². The Morgan fingerprint density at radius 3 is 2.21 bits per heavy atom. The predicted molar refractivity (Wildman–Crippen MR) is 73.4 cm³/mol. The minimum absolute atomic E-state index is 0.0733. The molecule has 0 saturated heterocycles. The van der Waals surface area contributed by atoms with E-state index in [1.54, 1.807) is 12.1 Å². The molecule has 1 aromatic carbocycles. The molecule has 4 heteroatoms. The smallest absolute Gasteiger partial charge is 0.333 e. The topological polar surface area (TPSA) is 55.4 Å². The molecule has 1 amide bonds. The molecule has 0 saturated carbocycles. The van der Waals surface area contributed by atoms with Crippen molar-refractivity contribution in [2.45, 2.75) is 32.7 Å². The maximum atomic E-state index is 12.1. The Labute approximate surface area is 114 Å². The number of nitrogens with one attached hydrogen (secondary N) is 1. The molecule has 4 nitrogen and oxygen atoms in total. The second-order valence-electron chi connectivity index (χ2n) is 4.39. The van der Waals surface area contributed by atoms with E-state index in [-0.39, 0.29) is 11.8 Å². The van der Waals surface area contributed by atoms with Gasteiger partial charge in [0.15, 0.2) is 6.04 Å². The van der Waals surface area contributed by atoms with Crippen LogP contribution in [0.15, 0.2) is 30.3 Å². The van der Waals surface area contributed by atoms with Crippen LogP contribution in [0, 0.1) is 5.92 Å². The minimum Gasteiger partial charge on any atom is -0.467 e. The summed E-state index contributed by atoms with van der Waals surface area (Å²) in [7, 11) is 1.32. The van der Waals surface area contributed by atoms with Crippen LogP contribution in [0.2, 0.25) is 0 Å². The van der Waals surface area contributed by atoms with Crippen LogP contribution in [0.25, 0.3) is 0 Å². The first kappa shape index (κ1) is 15.2. The number of methoxy groups -OCH3 is 1. The van der Waals surface area contributed by atoms with Gasteiger partial charge in [0.1, 0.15) is 0 Å². The number of amides is 1. The highest BCUT2D eigenvalue weighted by atomic mass is 16.5. The van der Waals surface area contributed by atoms with Crippen LogP contribution in [-0.2, 0) is 14.3 Å². The van der Waals surface area contributed by atoms with Crippen molar-refractivity contribution in [2.24, 2.45) is 5.92 Å². The fraction of sp³-hybridized carbons (Fsp3) is 0.467. The summed E-state index contributed by atoms with van der Waals surface area (Å²) in [6, 6.07) is 8.38. The molecule has 0 aliphatic carbocycles. The van der Waals surface area contributed by atoms with E-state index >= 15 is 0 Å². The monoisotopic (exact) mass is 263 g/mol. The number of ether oxygens (including phenoxy) is 1. The van der Waals surface area contributed by atoms with Gasteiger partial charge in [0.25, 0.3) is 0 Å². The van der Waals surface area contributed by atoms with E-state index in [0.29, 0.717) is 0 Å². The highest BCUT2D eigenvalue weighted by molar-refractivity contribution is 5.86. The van der Waals surface area contributed by atoms with Crippen molar-refractivity contribution >= 4 is 11.9 Å². The van der Waals surface area contributed by atoms with Gasteiger partial charge in [-0.3, -0.25) is 4.79 Å². The molecular weight excluding hydrogens is 242 g/mol. The Morgan fingerprint density at radius 2 is 1.74 bits per heavy atom. The third kappa shape index (κ3) is 4.09. The van der Waals surface area contributed by atoms with Gasteiger partial charge in [-0.2, -0.15) is 0 Å². The van der Waals surface area contributed by atoms with Crippen LogP contribution in [0.5, 0.6) is 0 Å². The number of esters is 1. The van der Waals surface area contributed by atoms with Crippen LogP contribution in [0.4, 0.5) is 0 Å². The normalized spacial score (nSPS) is 12.0. The van der Waals surface area contributed by atoms with E-state index in [2.05, 4.69) is 5.32 Å². The second-order valence-corrected chi connectivity index (χ2v) is 4.39. The van der Waals surface area contributed by atoms with Crippen LogP contribution in [0.1, 0.15) is 38.3 Å². The molecule has 1 atom stereocenters. The van der Waals surface area contributed by atoms with Crippen LogP contribution in [0.3, 0.4) is 0 Å². The molecule has 0 fully saturated rings. The van der Waals surface area contributed by atoms with Crippen molar-refractivity contribution in [2.75, 3.05) is 7.11 Å². The number of hydrogen-bond acceptors (Lipinski definition) is 3. The summed E-state index contributed by atoms with van der Waals surface area (Å²) in [5, 5.41) is 2.77. The lowest BCUT2D eigenvalue weighted by Crippen LogP contribution is -2.38. The average Bonchev–Trinajstić information content (AvgIpc) is 2.46. The minimum atomic E-state index is -0.737. The molecule has 0 spiro atoms. The zero-order valence-electron chi connectivity index (χ0n) is 11.7. The zero-order chi connectivity index (χ0) is 14.3. The Morgan fingerprint density at radius 1 is 1.16 bits per heavy atom. The highest BCUT2D eigenvalue weighted by Crippen LogP contribution is 2.16. The molecule has 1 unspecified atom stereocenters. The molecule has 104 valence electrons. The summed E-state index contributed by atoms with van der Waals surface area (Å²) in [6.45, 7) is 3.92. The molecule has 0 aromatic heterocycles. The van der Waals surface area contributed by atoms with Gasteiger partial charge < -0.3 is 10.1 Å². The summed E-state index contributed by atoms with van der Waals surface area (Å²) in [5.74, 6) is -0.634. The number of hydrogen-bond donors (Lipinski definition) is 1. The van der Waals surface area contributed by atoms with Crippen molar-refractivity contribution in [1.82, 2.24) is 5.32 Å². The maximum absolute atomic E-state index is 12.1. The van der Waals surface area contributed by atoms with Crippen molar-refractivity contribution < 1.29 is 14.3 Å². The van der Waals surface area contributed by atoms with E-state index in [9.17, 15) is 9.59 Å². The Balaban J connectivity index is 2.88. The number of carbonyl (C=O) groups excluding carboxylic acids is 2. The second kappa shape index (κ2) is 7.56. The highest BCUT2D eigenvalue weighted by Gasteiger charge is 2.25.